The Morgan fingerprint density at radius 2 is 1.13 bits per heavy atom. The van der Waals surface area contributed by atoms with E-state index in [1.807, 2.05) is 64.1 Å². The molecule has 2 saturated heterocycles. The number of alkyl carbamates (subject to hydrolysis) is 2. The molecule has 54 heavy (non-hydrogen) atoms. The lowest BCUT2D eigenvalue weighted by Crippen LogP contribution is -2.51. The Hall–Kier alpha value is -5.84. The summed E-state index contributed by atoms with van der Waals surface area (Å²) in [5, 5.41) is 5.37. The van der Waals surface area contributed by atoms with Gasteiger partial charge < -0.3 is 39.9 Å². The summed E-state index contributed by atoms with van der Waals surface area (Å²) in [6.07, 6.45) is 5.49. The first-order valence-electron chi connectivity index (χ1n) is 18.4. The Morgan fingerprint density at radius 1 is 0.685 bits per heavy atom. The van der Waals surface area contributed by atoms with Gasteiger partial charge in [0.1, 0.15) is 23.7 Å². The van der Waals surface area contributed by atoms with Crippen LogP contribution in [0.15, 0.2) is 48.8 Å². The normalized spacial score (nSPS) is 18.0. The van der Waals surface area contributed by atoms with Crippen LogP contribution in [0, 0.1) is 24.0 Å². The molecule has 0 radical (unpaired) electrons. The molecule has 2 aromatic heterocycles. The summed E-state index contributed by atoms with van der Waals surface area (Å²) in [5.74, 6) is 0.876. The van der Waals surface area contributed by atoms with Gasteiger partial charge in [0.25, 0.3) is 0 Å². The van der Waals surface area contributed by atoms with Crippen molar-refractivity contribution < 1.29 is 28.7 Å². The minimum Gasteiger partial charge on any atom is -0.453 e. The fourth-order valence-electron chi connectivity index (χ4n) is 7.22. The number of nitrogens with zero attached hydrogens (tertiary/aromatic N) is 4. The summed E-state index contributed by atoms with van der Waals surface area (Å²) in [5.41, 5.74) is 5.20. The number of rotatable bonds is 11. The van der Waals surface area contributed by atoms with E-state index in [1.54, 1.807) is 22.2 Å². The minimum absolute atomic E-state index is 0.109. The van der Waals surface area contributed by atoms with Gasteiger partial charge in [-0.25, -0.2) is 19.6 Å². The molecular formula is C40H48N8O6. The van der Waals surface area contributed by atoms with E-state index in [0.717, 1.165) is 59.3 Å². The maximum Gasteiger partial charge on any atom is 0.407 e. The number of hydrogen-bond donors (Lipinski definition) is 4. The third-order valence-corrected chi connectivity index (χ3v) is 10.2. The molecule has 14 heteroatoms. The molecule has 2 aromatic carbocycles. The second-order valence-electron chi connectivity index (χ2n) is 14.4. The monoisotopic (exact) mass is 736 g/mol. The molecule has 2 unspecified atom stereocenters. The van der Waals surface area contributed by atoms with Crippen molar-refractivity contribution in [3.63, 3.8) is 0 Å². The Bertz CT molecular complexity index is 1800. The molecule has 4 N–H and O–H groups in total. The van der Waals surface area contributed by atoms with Crippen LogP contribution in [-0.2, 0) is 19.1 Å². The number of likely N-dealkylation sites (tertiary alicyclic amines) is 2. The summed E-state index contributed by atoms with van der Waals surface area (Å²) >= 11 is 0. The number of hydrogen-bond acceptors (Lipinski definition) is 8. The Kier molecular flexibility index (Phi) is 11.5. The van der Waals surface area contributed by atoms with Crippen molar-refractivity contribution in [2.45, 2.75) is 77.5 Å². The van der Waals surface area contributed by atoms with Crippen LogP contribution in [0.5, 0.6) is 0 Å². The summed E-state index contributed by atoms with van der Waals surface area (Å²) in [6, 6.07) is 16.7. The Balaban J connectivity index is 1.11. The molecule has 2 aliphatic rings. The number of methoxy groups -OCH3 is 2. The van der Waals surface area contributed by atoms with Gasteiger partial charge in [-0.15, -0.1) is 0 Å². The molecule has 0 bridgehead atoms. The van der Waals surface area contributed by atoms with Crippen molar-refractivity contribution in [2.24, 2.45) is 11.8 Å². The lowest BCUT2D eigenvalue weighted by molar-refractivity contribution is -0.136. The smallest absolute Gasteiger partial charge is 0.407 e. The number of carbonyl (C=O) groups is 4. The molecule has 0 aliphatic carbocycles. The van der Waals surface area contributed by atoms with Crippen LogP contribution < -0.4 is 10.6 Å². The summed E-state index contributed by atoms with van der Waals surface area (Å²) in [6.45, 7) is 8.74. The third-order valence-electron chi connectivity index (χ3n) is 10.2. The van der Waals surface area contributed by atoms with Gasteiger partial charge in [0.15, 0.2) is 0 Å². The number of imidazole rings is 2. The highest BCUT2D eigenvalue weighted by Crippen LogP contribution is 2.34. The highest BCUT2D eigenvalue weighted by molar-refractivity contribution is 5.87. The van der Waals surface area contributed by atoms with Crippen LogP contribution in [-0.4, -0.2) is 93.1 Å². The minimum atomic E-state index is -0.698. The molecular weight excluding hydrogens is 688 g/mol. The molecule has 2 aliphatic heterocycles. The number of nitrogens with one attached hydrogen (secondary N) is 4. The molecule has 284 valence electrons. The molecule has 2 fully saturated rings. The quantitative estimate of drug-likeness (QED) is 0.149. The van der Waals surface area contributed by atoms with Crippen LogP contribution in [0.25, 0.3) is 33.6 Å². The SMILES string of the molecule is COC(=O)NC(C(=O)N1CCC[C@H]1c1ncc(-c2c#cc(-c3ccc(-c4cnc([C@@H]5CCCN5C(=O)C(NC(=O)OC)C(C)C)[nH]4)cc3)cc2)[nH]1)C(C)C. The standard InChI is InChI=1S/C40H48N8O6/c1-23(2)33(45-39(51)53-5)37(49)47-19-7-9-31(47)35-41-21-29(43-35)27-15-11-25(12-16-27)26-13-17-28(18-14-26)30-22-42-36(44-30)32-10-8-20-48(32)38(50)34(24(3)4)46-40(52)54-6/h11-13,15-17,21-24,31-34H,7-10,19-20H2,1-6H3,(H,41,43)(H,42,44)(H,45,51)(H,46,52)/t31-,32-,33?,34?/m0/s1. The highest BCUT2D eigenvalue weighted by atomic mass is 16.5. The fraction of sp³-hybridized carbons (Fsp3) is 0.450. The predicted octanol–water partition coefficient (Wildman–Crippen LogP) is 5.82. The highest BCUT2D eigenvalue weighted by Gasteiger charge is 2.39. The molecule has 4 aromatic rings. The molecule has 0 spiro atoms. The molecule has 4 heterocycles. The number of benzene rings is 1. The van der Waals surface area contributed by atoms with Gasteiger partial charge in [-0.1, -0.05) is 64.1 Å². The van der Waals surface area contributed by atoms with Crippen LogP contribution >= 0.6 is 0 Å². The average Bonchev–Trinajstić information content (AvgIpc) is 4.02. The zero-order chi connectivity index (χ0) is 38.5. The first kappa shape index (κ1) is 37.9. The second-order valence-corrected chi connectivity index (χ2v) is 14.4. The number of carbonyl (C=O) groups excluding carboxylic acids is 4. The van der Waals surface area contributed by atoms with Crippen LogP contribution in [0.4, 0.5) is 9.59 Å². The average molecular weight is 737 g/mol. The maximum absolute atomic E-state index is 13.5. The van der Waals surface area contributed by atoms with E-state index in [0.29, 0.717) is 24.7 Å². The third kappa shape index (κ3) is 8.05. The largest absolute Gasteiger partial charge is 0.453 e. The van der Waals surface area contributed by atoms with E-state index in [4.69, 9.17) is 9.47 Å². The Morgan fingerprint density at radius 3 is 1.59 bits per heavy atom. The van der Waals surface area contributed by atoms with Crippen molar-refractivity contribution in [3.8, 4) is 33.6 Å². The molecule has 0 saturated carbocycles. The van der Waals surface area contributed by atoms with Gasteiger partial charge in [-0.05, 0) is 60.8 Å². The molecule has 4 atom stereocenters. The maximum atomic E-state index is 13.5. The van der Waals surface area contributed by atoms with E-state index < -0.39 is 24.3 Å². The zero-order valence-corrected chi connectivity index (χ0v) is 31.6. The van der Waals surface area contributed by atoms with Crippen LogP contribution in [0.3, 0.4) is 0 Å². The van der Waals surface area contributed by atoms with Crippen molar-refractivity contribution in [1.82, 2.24) is 40.4 Å². The van der Waals surface area contributed by atoms with Crippen LogP contribution in [0.2, 0.25) is 0 Å². The van der Waals surface area contributed by atoms with Crippen molar-refractivity contribution >= 4 is 24.0 Å². The number of ether oxygens (including phenoxy) is 2. The van der Waals surface area contributed by atoms with Crippen molar-refractivity contribution in [3.05, 3.63) is 72.6 Å². The van der Waals surface area contributed by atoms with Crippen LogP contribution in [0.1, 0.15) is 77.1 Å². The lowest BCUT2D eigenvalue weighted by Gasteiger charge is -2.30. The van der Waals surface area contributed by atoms with E-state index in [1.165, 1.54) is 14.2 Å². The lowest BCUT2D eigenvalue weighted by atomic mass is 10.0. The van der Waals surface area contributed by atoms with E-state index in [2.05, 4.69) is 42.7 Å². The van der Waals surface area contributed by atoms with E-state index >= 15 is 0 Å². The first-order valence-corrected chi connectivity index (χ1v) is 18.4. The fourth-order valence-corrected chi connectivity index (χ4v) is 7.22. The van der Waals surface area contributed by atoms with Gasteiger partial charge in [-0.2, -0.15) is 0 Å². The van der Waals surface area contributed by atoms with Crippen molar-refractivity contribution in [1.29, 1.82) is 0 Å². The second kappa shape index (κ2) is 16.4. The topological polar surface area (TPSA) is 175 Å². The van der Waals surface area contributed by atoms with Gasteiger partial charge in [0, 0.05) is 18.7 Å². The molecule has 4 amide bonds. The van der Waals surface area contributed by atoms with Gasteiger partial charge in [-0.3, -0.25) is 9.59 Å². The number of aromatic amines is 2. The van der Waals surface area contributed by atoms with Crippen molar-refractivity contribution in [2.75, 3.05) is 27.3 Å². The van der Waals surface area contributed by atoms with E-state index in [9.17, 15) is 19.2 Å². The number of aromatic nitrogens is 4. The summed E-state index contributed by atoms with van der Waals surface area (Å²) < 4.78 is 9.49. The number of amides is 4. The van der Waals surface area contributed by atoms with Gasteiger partial charge in [0.05, 0.1) is 55.6 Å². The predicted molar refractivity (Wildman–Crippen MR) is 200 cm³/mol. The van der Waals surface area contributed by atoms with Gasteiger partial charge >= 0.3 is 12.2 Å². The van der Waals surface area contributed by atoms with E-state index in [-0.39, 0.29) is 35.7 Å². The first-order chi connectivity index (χ1) is 26.0. The molecule has 14 nitrogen and oxygen atoms in total. The number of H-pyrrole nitrogens is 2. The Labute approximate surface area is 315 Å². The summed E-state index contributed by atoms with van der Waals surface area (Å²) in [4.78, 5) is 70.6. The zero-order valence-electron chi connectivity index (χ0n) is 31.6. The van der Waals surface area contributed by atoms with Gasteiger partial charge in [0.2, 0.25) is 11.8 Å². The molecule has 6 rings (SSSR count). The summed E-state index contributed by atoms with van der Waals surface area (Å²) in [7, 11) is 2.57.